The summed E-state index contributed by atoms with van der Waals surface area (Å²) in [5.41, 5.74) is 1.73. The standard InChI is InChI=1S/C15H22N2O3/c1-10(2)16-9-13(18)15-8-12(17-20-15)11-6-4-5-7-14(11)19-3/h4-7,10,13,15-16,18H,8-9H2,1-3H3/t13-,15-/m0/s1. The first-order valence-corrected chi connectivity index (χ1v) is 6.89. The van der Waals surface area contributed by atoms with E-state index in [9.17, 15) is 5.11 Å². The molecule has 0 fully saturated rings. The van der Waals surface area contributed by atoms with Crippen LogP contribution >= 0.6 is 0 Å². The van der Waals surface area contributed by atoms with Crippen LogP contribution in [0.15, 0.2) is 29.4 Å². The molecule has 2 atom stereocenters. The minimum Gasteiger partial charge on any atom is -0.496 e. The molecule has 0 saturated heterocycles. The number of aliphatic hydroxyl groups is 1. The zero-order valence-corrected chi connectivity index (χ0v) is 12.2. The summed E-state index contributed by atoms with van der Waals surface area (Å²) in [5, 5.41) is 17.4. The summed E-state index contributed by atoms with van der Waals surface area (Å²) in [4.78, 5) is 5.36. The van der Waals surface area contributed by atoms with Crippen molar-refractivity contribution in [1.82, 2.24) is 5.32 Å². The molecule has 1 aromatic rings. The van der Waals surface area contributed by atoms with Crippen molar-refractivity contribution in [3.05, 3.63) is 29.8 Å². The van der Waals surface area contributed by atoms with E-state index in [1.165, 1.54) is 0 Å². The normalized spacial score (nSPS) is 19.6. The van der Waals surface area contributed by atoms with E-state index in [1.54, 1.807) is 7.11 Å². The molecule has 110 valence electrons. The van der Waals surface area contributed by atoms with Crippen LogP contribution in [0.4, 0.5) is 0 Å². The van der Waals surface area contributed by atoms with Crippen LogP contribution < -0.4 is 10.1 Å². The number of aliphatic hydroxyl groups excluding tert-OH is 1. The molecule has 2 rings (SSSR count). The van der Waals surface area contributed by atoms with Gasteiger partial charge >= 0.3 is 0 Å². The third-order valence-electron chi connectivity index (χ3n) is 3.28. The first kappa shape index (κ1) is 14.8. The molecule has 0 radical (unpaired) electrons. The number of rotatable bonds is 6. The largest absolute Gasteiger partial charge is 0.496 e. The van der Waals surface area contributed by atoms with Crippen molar-refractivity contribution in [1.29, 1.82) is 0 Å². The second kappa shape index (κ2) is 6.72. The lowest BCUT2D eigenvalue weighted by atomic mass is 10.0. The Morgan fingerprint density at radius 1 is 1.45 bits per heavy atom. The second-order valence-corrected chi connectivity index (χ2v) is 5.22. The van der Waals surface area contributed by atoms with Gasteiger partial charge in [-0.2, -0.15) is 0 Å². The van der Waals surface area contributed by atoms with Gasteiger partial charge in [-0.1, -0.05) is 31.1 Å². The lowest BCUT2D eigenvalue weighted by Crippen LogP contribution is -2.39. The third-order valence-corrected chi connectivity index (χ3v) is 3.28. The van der Waals surface area contributed by atoms with E-state index in [-0.39, 0.29) is 6.10 Å². The van der Waals surface area contributed by atoms with Crippen molar-refractivity contribution >= 4 is 5.71 Å². The van der Waals surface area contributed by atoms with Crippen molar-refractivity contribution < 1.29 is 14.7 Å². The lowest BCUT2D eigenvalue weighted by Gasteiger charge is -2.18. The molecule has 2 N–H and O–H groups in total. The maximum atomic E-state index is 10.1. The lowest BCUT2D eigenvalue weighted by molar-refractivity contribution is -0.0166. The smallest absolute Gasteiger partial charge is 0.160 e. The summed E-state index contributed by atoms with van der Waals surface area (Å²) in [7, 11) is 1.63. The van der Waals surface area contributed by atoms with Crippen LogP contribution in [0.5, 0.6) is 5.75 Å². The van der Waals surface area contributed by atoms with Gasteiger partial charge in [0.15, 0.2) is 6.10 Å². The van der Waals surface area contributed by atoms with E-state index < -0.39 is 6.10 Å². The monoisotopic (exact) mass is 278 g/mol. The van der Waals surface area contributed by atoms with Gasteiger partial charge in [-0.3, -0.25) is 0 Å². The first-order chi connectivity index (χ1) is 9.61. The number of methoxy groups -OCH3 is 1. The summed E-state index contributed by atoms with van der Waals surface area (Å²) in [6.07, 6.45) is -0.295. The van der Waals surface area contributed by atoms with Gasteiger partial charge in [0, 0.05) is 24.6 Å². The molecule has 1 heterocycles. The Labute approximate surface area is 119 Å². The third kappa shape index (κ3) is 3.49. The SMILES string of the molecule is COc1ccccc1C1=NO[C@H]([C@@H](O)CNC(C)C)C1. The number of nitrogens with one attached hydrogen (secondary N) is 1. The molecule has 5 heteroatoms. The quantitative estimate of drug-likeness (QED) is 0.828. The Bertz CT molecular complexity index is 474. The van der Waals surface area contributed by atoms with E-state index in [0.29, 0.717) is 19.0 Å². The van der Waals surface area contributed by atoms with Crippen molar-refractivity contribution in [3.8, 4) is 5.75 Å². The van der Waals surface area contributed by atoms with Crippen LogP contribution in [-0.4, -0.2) is 42.7 Å². The summed E-state index contributed by atoms with van der Waals surface area (Å²) in [6, 6.07) is 8.02. The van der Waals surface area contributed by atoms with E-state index in [1.807, 2.05) is 38.1 Å². The van der Waals surface area contributed by atoms with Gasteiger partial charge in [0.25, 0.3) is 0 Å². The van der Waals surface area contributed by atoms with Crippen molar-refractivity contribution in [2.24, 2.45) is 5.16 Å². The molecule has 0 unspecified atom stereocenters. The maximum Gasteiger partial charge on any atom is 0.160 e. The number of ether oxygens (including phenoxy) is 1. The summed E-state index contributed by atoms with van der Waals surface area (Å²) in [6.45, 7) is 4.58. The number of hydrogen-bond donors (Lipinski definition) is 2. The fourth-order valence-electron chi connectivity index (χ4n) is 2.13. The Kier molecular flexibility index (Phi) is 4.98. The highest BCUT2D eigenvalue weighted by Gasteiger charge is 2.29. The molecule has 1 aliphatic rings. The number of para-hydroxylation sites is 1. The molecule has 5 nitrogen and oxygen atoms in total. The average molecular weight is 278 g/mol. The summed E-state index contributed by atoms with van der Waals surface area (Å²) >= 11 is 0. The molecule has 0 saturated carbocycles. The molecule has 1 aromatic carbocycles. The Hall–Kier alpha value is -1.59. The molecule has 20 heavy (non-hydrogen) atoms. The van der Waals surface area contributed by atoms with Crippen LogP contribution in [0.3, 0.4) is 0 Å². The van der Waals surface area contributed by atoms with Crippen LogP contribution in [-0.2, 0) is 4.84 Å². The molecular formula is C15H22N2O3. The average Bonchev–Trinajstić information content (AvgIpc) is 2.94. The van der Waals surface area contributed by atoms with Gasteiger partial charge in [-0.05, 0) is 12.1 Å². The highest BCUT2D eigenvalue weighted by Crippen LogP contribution is 2.25. The summed E-state index contributed by atoms with van der Waals surface area (Å²) < 4.78 is 5.32. The van der Waals surface area contributed by atoms with Gasteiger partial charge in [0.2, 0.25) is 0 Å². The van der Waals surface area contributed by atoms with Gasteiger partial charge in [0.1, 0.15) is 11.9 Å². The van der Waals surface area contributed by atoms with E-state index >= 15 is 0 Å². The van der Waals surface area contributed by atoms with Gasteiger partial charge in [-0.15, -0.1) is 0 Å². The number of oxime groups is 1. The van der Waals surface area contributed by atoms with Gasteiger partial charge < -0.3 is 20.0 Å². The van der Waals surface area contributed by atoms with E-state index in [0.717, 1.165) is 17.0 Å². The maximum absolute atomic E-state index is 10.1. The number of benzene rings is 1. The fourth-order valence-corrected chi connectivity index (χ4v) is 2.13. The Balaban J connectivity index is 1.97. The van der Waals surface area contributed by atoms with Crippen LogP contribution in [0.1, 0.15) is 25.8 Å². The van der Waals surface area contributed by atoms with Crippen LogP contribution in [0.25, 0.3) is 0 Å². The van der Waals surface area contributed by atoms with Gasteiger partial charge in [0.05, 0.1) is 12.8 Å². The Morgan fingerprint density at radius 2 is 2.20 bits per heavy atom. The molecule has 0 aliphatic carbocycles. The topological polar surface area (TPSA) is 63.1 Å². The highest BCUT2D eigenvalue weighted by atomic mass is 16.7. The molecule has 0 bridgehead atoms. The minimum absolute atomic E-state index is 0.304. The van der Waals surface area contributed by atoms with Crippen molar-refractivity contribution in [2.45, 2.75) is 38.5 Å². The number of nitrogens with zero attached hydrogens (tertiary/aromatic N) is 1. The van der Waals surface area contributed by atoms with E-state index in [2.05, 4.69) is 10.5 Å². The zero-order valence-electron chi connectivity index (χ0n) is 12.2. The predicted molar refractivity (Wildman–Crippen MR) is 78.2 cm³/mol. The minimum atomic E-state index is -0.576. The predicted octanol–water partition coefficient (Wildman–Crippen LogP) is 1.55. The second-order valence-electron chi connectivity index (χ2n) is 5.22. The molecule has 0 spiro atoms. The van der Waals surface area contributed by atoms with Crippen LogP contribution in [0, 0.1) is 0 Å². The van der Waals surface area contributed by atoms with Crippen LogP contribution in [0.2, 0.25) is 0 Å². The fraction of sp³-hybridized carbons (Fsp3) is 0.533. The van der Waals surface area contributed by atoms with Crippen molar-refractivity contribution in [3.63, 3.8) is 0 Å². The number of hydrogen-bond acceptors (Lipinski definition) is 5. The first-order valence-electron chi connectivity index (χ1n) is 6.89. The van der Waals surface area contributed by atoms with E-state index in [4.69, 9.17) is 9.57 Å². The molecule has 0 amide bonds. The Morgan fingerprint density at radius 3 is 2.90 bits per heavy atom. The molecule has 0 aromatic heterocycles. The molecule has 1 aliphatic heterocycles. The molecular weight excluding hydrogens is 256 g/mol. The summed E-state index contributed by atoms with van der Waals surface area (Å²) in [5.74, 6) is 0.769. The van der Waals surface area contributed by atoms with Crippen molar-refractivity contribution in [2.75, 3.05) is 13.7 Å². The zero-order chi connectivity index (χ0) is 14.5. The highest BCUT2D eigenvalue weighted by molar-refractivity contribution is 6.03. The van der Waals surface area contributed by atoms with Gasteiger partial charge in [-0.25, -0.2) is 0 Å².